The number of aryl methyl sites for hydroxylation is 1. The first-order chi connectivity index (χ1) is 9.75. The van der Waals surface area contributed by atoms with E-state index in [4.69, 9.17) is 0 Å². The number of hydrogen-bond acceptors (Lipinski definition) is 3. The summed E-state index contributed by atoms with van der Waals surface area (Å²) in [5, 5.41) is 3.30. The number of carbonyl (C=O) groups excluding carboxylic acids is 1. The molecule has 2 heterocycles. The maximum absolute atomic E-state index is 12.3. The summed E-state index contributed by atoms with van der Waals surface area (Å²) in [6, 6.07) is 8.30. The largest absolute Gasteiger partial charge is 0.337 e. The standard InChI is InChI=1S/C15H20N4O.2ClH/c1-12-10-16-7-9-19(12)15(20)6-8-18-11-17-13-4-2-3-5-14(13)18;;/h2-5,11-12,16H,6-10H2,1H3;2*1H/t12-;;/m0../s1. The summed E-state index contributed by atoms with van der Waals surface area (Å²) in [4.78, 5) is 18.6. The number of piperazine rings is 1. The minimum absolute atomic E-state index is 0. The second-order valence-electron chi connectivity index (χ2n) is 5.32. The van der Waals surface area contributed by atoms with Gasteiger partial charge in [0, 0.05) is 38.6 Å². The normalized spacial score (nSPS) is 17.7. The van der Waals surface area contributed by atoms with Gasteiger partial charge in [0.25, 0.3) is 0 Å². The van der Waals surface area contributed by atoms with E-state index < -0.39 is 0 Å². The SMILES string of the molecule is C[C@H]1CNCCN1C(=O)CCn1cnc2ccccc21.Cl.Cl. The van der Waals surface area contributed by atoms with Crippen LogP contribution in [-0.4, -0.2) is 46.0 Å². The molecule has 1 saturated heterocycles. The highest BCUT2D eigenvalue weighted by Crippen LogP contribution is 2.13. The molecule has 3 rings (SSSR count). The molecule has 1 aliphatic heterocycles. The Labute approximate surface area is 142 Å². The Morgan fingerprint density at radius 2 is 2.14 bits per heavy atom. The monoisotopic (exact) mass is 344 g/mol. The van der Waals surface area contributed by atoms with E-state index >= 15 is 0 Å². The van der Waals surface area contributed by atoms with Crippen molar-refractivity contribution < 1.29 is 4.79 Å². The number of imidazole rings is 1. The Morgan fingerprint density at radius 3 is 2.91 bits per heavy atom. The molecule has 0 saturated carbocycles. The predicted molar refractivity (Wildman–Crippen MR) is 92.9 cm³/mol. The highest BCUT2D eigenvalue weighted by atomic mass is 35.5. The van der Waals surface area contributed by atoms with E-state index in [-0.39, 0.29) is 36.8 Å². The van der Waals surface area contributed by atoms with Gasteiger partial charge in [0.2, 0.25) is 5.91 Å². The summed E-state index contributed by atoms with van der Waals surface area (Å²) in [6.45, 7) is 5.38. The van der Waals surface area contributed by atoms with E-state index in [1.807, 2.05) is 35.5 Å². The highest BCUT2D eigenvalue weighted by Gasteiger charge is 2.22. The zero-order chi connectivity index (χ0) is 13.9. The van der Waals surface area contributed by atoms with Crippen LogP contribution < -0.4 is 5.32 Å². The maximum atomic E-state index is 12.3. The smallest absolute Gasteiger partial charge is 0.224 e. The van der Waals surface area contributed by atoms with Gasteiger partial charge in [0.1, 0.15) is 0 Å². The number of hydrogen-bond donors (Lipinski definition) is 1. The van der Waals surface area contributed by atoms with E-state index in [0.717, 1.165) is 30.7 Å². The zero-order valence-electron chi connectivity index (χ0n) is 12.6. The van der Waals surface area contributed by atoms with Crippen molar-refractivity contribution in [2.45, 2.75) is 25.9 Å². The number of para-hydroxylation sites is 2. The molecule has 1 aliphatic rings. The van der Waals surface area contributed by atoms with Crippen LogP contribution in [0.1, 0.15) is 13.3 Å². The van der Waals surface area contributed by atoms with Gasteiger partial charge in [0.15, 0.2) is 0 Å². The van der Waals surface area contributed by atoms with Crippen molar-refractivity contribution in [1.82, 2.24) is 19.8 Å². The Hall–Kier alpha value is -1.30. The third kappa shape index (κ3) is 3.91. The van der Waals surface area contributed by atoms with Gasteiger partial charge in [0.05, 0.1) is 17.4 Å². The first kappa shape index (κ1) is 18.7. The van der Waals surface area contributed by atoms with Crippen LogP contribution in [0.5, 0.6) is 0 Å². The summed E-state index contributed by atoms with van der Waals surface area (Å²) in [7, 11) is 0. The fraction of sp³-hybridized carbons (Fsp3) is 0.467. The van der Waals surface area contributed by atoms with Crippen molar-refractivity contribution in [2.75, 3.05) is 19.6 Å². The van der Waals surface area contributed by atoms with Crippen LogP contribution in [0.25, 0.3) is 11.0 Å². The van der Waals surface area contributed by atoms with Crippen molar-refractivity contribution in [3.05, 3.63) is 30.6 Å². The van der Waals surface area contributed by atoms with Gasteiger partial charge in [-0.05, 0) is 19.1 Å². The Balaban J connectivity index is 0.00000121. The molecule has 22 heavy (non-hydrogen) atoms. The van der Waals surface area contributed by atoms with Gasteiger partial charge in [-0.15, -0.1) is 24.8 Å². The fourth-order valence-corrected chi connectivity index (χ4v) is 2.76. The van der Waals surface area contributed by atoms with Crippen molar-refractivity contribution in [2.24, 2.45) is 0 Å². The number of rotatable bonds is 3. The minimum Gasteiger partial charge on any atom is -0.337 e. The van der Waals surface area contributed by atoms with Crippen molar-refractivity contribution in [1.29, 1.82) is 0 Å². The van der Waals surface area contributed by atoms with Crippen LogP contribution in [0.3, 0.4) is 0 Å². The molecule has 0 aliphatic carbocycles. The van der Waals surface area contributed by atoms with Gasteiger partial charge < -0.3 is 14.8 Å². The van der Waals surface area contributed by atoms with Crippen LogP contribution in [-0.2, 0) is 11.3 Å². The number of benzene rings is 1. The zero-order valence-corrected chi connectivity index (χ0v) is 14.2. The van der Waals surface area contributed by atoms with Crippen molar-refractivity contribution >= 4 is 41.8 Å². The first-order valence-corrected chi connectivity index (χ1v) is 7.16. The number of carbonyl (C=O) groups is 1. The Bertz CT molecular complexity index is 616. The number of amides is 1. The summed E-state index contributed by atoms with van der Waals surface area (Å²) in [5.41, 5.74) is 2.07. The van der Waals surface area contributed by atoms with Crippen molar-refractivity contribution in [3.63, 3.8) is 0 Å². The average Bonchev–Trinajstić information content (AvgIpc) is 2.88. The van der Waals surface area contributed by atoms with E-state index in [9.17, 15) is 4.79 Å². The van der Waals surface area contributed by atoms with Crippen LogP contribution in [0.2, 0.25) is 0 Å². The summed E-state index contributed by atoms with van der Waals surface area (Å²) in [6.07, 6.45) is 2.35. The molecule has 1 aromatic carbocycles. The molecule has 0 bridgehead atoms. The van der Waals surface area contributed by atoms with E-state index in [2.05, 4.69) is 21.8 Å². The molecule has 1 N–H and O–H groups in total. The quantitative estimate of drug-likeness (QED) is 0.927. The first-order valence-electron chi connectivity index (χ1n) is 7.16. The van der Waals surface area contributed by atoms with Gasteiger partial charge in [-0.25, -0.2) is 4.98 Å². The Morgan fingerprint density at radius 1 is 1.36 bits per heavy atom. The predicted octanol–water partition coefficient (Wildman–Crippen LogP) is 2.09. The van der Waals surface area contributed by atoms with Gasteiger partial charge >= 0.3 is 0 Å². The maximum Gasteiger partial charge on any atom is 0.224 e. The molecular weight excluding hydrogens is 323 g/mol. The molecule has 5 nitrogen and oxygen atoms in total. The summed E-state index contributed by atoms with van der Waals surface area (Å²) in [5.74, 6) is 0.233. The van der Waals surface area contributed by atoms with Crippen LogP contribution >= 0.6 is 24.8 Å². The lowest BCUT2D eigenvalue weighted by Crippen LogP contribution is -2.52. The highest BCUT2D eigenvalue weighted by molar-refractivity contribution is 5.85. The van der Waals surface area contributed by atoms with Gasteiger partial charge in [-0.1, -0.05) is 12.1 Å². The lowest BCUT2D eigenvalue weighted by Gasteiger charge is -2.34. The molecule has 1 aromatic heterocycles. The number of aromatic nitrogens is 2. The molecule has 1 atom stereocenters. The number of fused-ring (bicyclic) bond motifs is 1. The molecule has 2 aromatic rings. The number of halogens is 2. The molecule has 122 valence electrons. The molecule has 1 amide bonds. The van der Waals surface area contributed by atoms with E-state index in [0.29, 0.717) is 13.0 Å². The molecule has 7 heteroatoms. The number of nitrogens with one attached hydrogen (secondary N) is 1. The van der Waals surface area contributed by atoms with Crippen LogP contribution in [0, 0.1) is 0 Å². The minimum atomic E-state index is 0. The van der Waals surface area contributed by atoms with Crippen LogP contribution in [0.4, 0.5) is 0 Å². The number of nitrogens with zero attached hydrogens (tertiary/aromatic N) is 3. The molecular formula is C15H22Cl2N4O. The molecule has 0 unspecified atom stereocenters. The molecule has 0 radical (unpaired) electrons. The average molecular weight is 345 g/mol. The summed E-state index contributed by atoms with van der Waals surface area (Å²) >= 11 is 0. The lowest BCUT2D eigenvalue weighted by molar-refractivity contribution is -0.134. The lowest BCUT2D eigenvalue weighted by atomic mass is 10.2. The van der Waals surface area contributed by atoms with Gasteiger partial charge in [-0.2, -0.15) is 0 Å². The third-order valence-corrected chi connectivity index (χ3v) is 3.92. The second kappa shape index (κ2) is 8.36. The van der Waals surface area contributed by atoms with Crippen molar-refractivity contribution in [3.8, 4) is 0 Å². The molecule has 0 spiro atoms. The molecule has 1 fully saturated rings. The second-order valence-corrected chi connectivity index (χ2v) is 5.32. The Kier molecular flexibility index (Phi) is 7.13. The summed E-state index contributed by atoms with van der Waals surface area (Å²) < 4.78 is 2.06. The third-order valence-electron chi connectivity index (χ3n) is 3.92. The van der Waals surface area contributed by atoms with Crippen LogP contribution in [0.15, 0.2) is 30.6 Å². The van der Waals surface area contributed by atoms with E-state index in [1.54, 1.807) is 0 Å². The van der Waals surface area contributed by atoms with E-state index in [1.165, 1.54) is 0 Å². The van der Waals surface area contributed by atoms with Gasteiger partial charge in [-0.3, -0.25) is 4.79 Å². The fourth-order valence-electron chi connectivity index (χ4n) is 2.76. The topological polar surface area (TPSA) is 50.2 Å².